The molecular weight excluding hydrogens is 291 g/mol. The molecule has 1 rings (SSSR count). The number of carbonyl (C=O) groups excluding carboxylic acids is 3. The number of aldehydes is 1. The number of rotatable bonds is 7. The van der Waals surface area contributed by atoms with Crippen LogP contribution in [0.25, 0.3) is 6.08 Å². The van der Waals surface area contributed by atoms with Gasteiger partial charge in [-0.25, -0.2) is 4.39 Å². The van der Waals surface area contributed by atoms with E-state index in [-0.39, 0.29) is 12.2 Å². The first-order valence-electron chi connectivity index (χ1n) is 6.56. The molecule has 1 atom stereocenters. The molecule has 0 saturated heterocycles. The van der Waals surface area contributed by atoms with Crippen LogP contribution in [-0.4, -0.2) is 32.4 Å². The van der Waals surface area contributed by atoms with E-state index in [1.54, 1.807) is 12.2 Å². The second-order valence-electron chi connectivity index (χ2n) is 4.50. The van der Waals surface area contributed by atoms with Crippen LogP contribution in [0.4, 0.5) is 4.39 Å². The summed E-state index contributed by atoms with van der Waals surface area (Å²) >= 11 is 0. The van der Waals surface area contributed by atoms with Gasteiger partial charge in [0.25, 0.3) is 0 Å². The second kappa shape index (κ2) is 8.71. The predicted octanol–water partition coefficient (Wildman–Crippen LogP) is 2.01. The Hall–Kier alpha value is -2.50. The first kappa shape index (κ1) is 17.6. The van der Waals surface area contributed by atoms with E-state index in [1.165, 1.54) is 24.3 Å². The molecule has 0 saturated carbocycles. The van der Waals surface area contributed by atoms with E-state index in [0.29, 0.717) is 11.8 Å². The maximum Gasteiger partial charge on any atom is 0.320 e. The van der Waals surface area contributed by atoms with Gasteiger partial charge in [-0.2, -0.15) is 0 Å². The van der Waals surface area contributed by atoms with Crippen LogP contribution >= 0.6 is 0 Å². The maximum absolute atomic E-state index is 12.8. The molecule has 6 heteroatoms. The minimum Gasteiger partial charge on any atom is -0.468 e. The fourth-order valence-electron chi connectivity index (χ4n) is 1.95. The van der Waals surface area contributed by atoms with Crippen molar-refractivity contribution in [1.82, 2.24) is 0 Å². The van der Waals surface area contributed by atoms with Crippen LogP contribution in [0.1, 0.15) is 12.0 Å². The topological polar surface area (TPSA) is 69.7 Å². The molecule has 0 heterocycles. The lowest BCUT2D eigenvalue weighted by atomic mass is 9.89. The molecule has 0 aromatic heterocycles. The monoisotopic (exact) mass is 308 g/mol. The molecule has 0 spiro atoms. The van der Waals surface area contributed by atoms with Crippen LogP contribution < -0.4 is 0 Å². The molecule has 0 N–H and O–H groups in total. The molecule has 0 fully saturated rings. The van der Waals surface area contributed by atoms with Gasteiger partial charge in [-0.15, -0.1) is 0 Å². The number of hydrogen-bond donors (Lipinski definition) is 0. The highest BCUT2D eigenvalue weighted by Gasteiger charge is 2.35. The molecule has 0 aliphatic heterocycles. The van der Waals surface area contributed by atoms with E-state index in [2.05, 4.69) is 9.47 Å². The van der Waals surface area contributed by atoms with E-state index >= 15 is 0 Å². The number of allylic oxidation sites excluding steroid dienone is 1. The third-order valence-electron chi connectivity index (χ3n) is 3.11. The molecule has 0 aliphatic carbocycles. The highest BCUT2D eigenvalue weighted by atomic mass is 19.1. The largest absolute Gasteiger partial charge is 0.468 e. The first-order chi connectivity index (χ1) is 10.5. The Morgan fingerprint density at radius 3 is 2.14 bits per heavy atom. The van der Waals surface area contributed by atoms with Gasteiger partial charge in [-0.05, 0) is 17.7 Å². The van der Waals surface area contributed by atoms with Gasteiger partial charge in [0.15, 0.2) is 5.92 Å². The van der Waals surface area contributed by atoms with Crippen LogP contribution in [0.2, 0.25) is 0 Å². The van der Waals surface area contributed by atoms with E-state index in [9.17, 15) is 18.8 Å². The number of esters is 2. The molecule has 0 radical (unpaired) electrons. The van der Waals surface area contributed by atoms with Crippen molar-refractivity contribution in [3.05, 3.63) is 41.7 Å². The fraction of sp³-hybridized carbons (Fsp3) is 0.312. The van der Waals surface area contributed by atoms with Gasteiger partial charge in [0.2, 0.25) is 0 Å². The zero-order chi connectivity index (χ0) is 16.5. The van der Waals surface area contributed by atoms with Crippen molar-refractivity contribution in [1.29, 1.82) is 0 Å². The van der Waals surface area contributed by atoms with Crippen LogP contribution in [0.15, 0.2) is 30.3 Å². The Morgan fingerprint density at radius 2 is 1.68 bits per heavy atom. The number of hydrogen-bond acceptors (Lipinski definition) is 5. The van der Waals surface area contributed by atoms with Gasteiger partial charge in [0.05, 0.1) is 14.2 Å². The maximum atomic E-state index is 12.8. The molecule has 1 aromatic carbocycles. The van der Waals surface area contributed by atoms with Gasteiger partial charge in [0, 0.05) is 12.3 Å². The Morgan fingerprint density at radius 1 is 1.14 bits per heavy atom. The number of carbonyl (C=O) groups is 3. The average molecular weight is 308 g/mol. The van der Waals surface area contributed by atoms with E-state index in [1.807, 2.05) is 0 Å². The van der Waals surface area contributed by atoms with Crippen molar-refractivity contribution in [2.45, 2.75) is 6.42 Å². The Labute approximate surface area is 127 Å². The third-order valence-corrected chi connectivity index (χ3v) is 3.11. The molecular formula is C16H17FO5. The van der Waals surface area contributed by atoms with Crippen LogP contribution in [-0.2, 0) is 23.9 Å². The van der Waals surface area contributed by atoms with Crippen molar-refractivity contribution in [2.24, 2.45) is 11.8 Å². The molecule has 0 amide bonds. The fourth-order valence-corrected chi connectivity index (χ4v) is 1.95. The van der Waals surface area contributed by atoms with Crippen molar-refractivity contribution < 1.29 is 28.2 Å². The zero-order valence-electron chi connectivity index (χ0n) is 12.3. The summed E-state index contributed by atoms with van der Waals surface area (Å²) < 4.78 is 22.0. The minimum absolute atomic E-state index is 0.0490. The highest BCUT2D eigenvalue weighted by molar-refractivity contribution is 5.95. The minimum atomic E-state index is -1.23. The summed E-state index contributed by atoms with van der Waals surface area (Å²) in [4.78, 5) is 34.3. The molecule has 0 aliphatic rings. The van der Waals surface area contributed by atoms with Gasteiger partial charge in [0.1, 0.15) is 12.1 Å². The lowest BCUT2D eigenvalue weighted by Gasteiger charge is -2.18. The highest BCUT2D eigenvalue weighted by Crippen LogP contribution is 2.21. The summed E-state index contributed by atoms with van der Waals surface area (Å²) in [7, 11) is 2.31. The molecule has 5 nitrogen and oxygen atoms in total. The quantitative estimate of drug-likeness (QED) is 0.438. The summed E-state index contributed by atoms with van der Waals surface area (Å²) in [6.45, 7) is 0. The van der Waals surface area contributed by atoms with E-state index in [4.69, 9.17) is 0 Å². The molecule has 1 aromatic rings. The summed E-state index contributed by atoms with van der Waals surface area (Å²) in [5, 5.41) is 0. The lowest BCUT2D eigenvalue weighted by Crippen LogP contribution is -2.32. The van der Waals surface area contributed by atoms with Crippen molar-refractivity contribution in [3.63, 3.8) is 0 Å². The van der Waals surface area contributed by atoms with Crippen molar-refractivity contribution in [3.8, 4) is 0 Å². The standard InChI is InChI=1S/C16H17FO5/c1-21-15(19)14(16(20)22-2)12(9-10-18)6-3-11-4-7-13(17)8-5-11/h3-8,10,12,14H,9H2,1-2H3/b6-3+/t12-/m1/s1. The zero-order valence-corrected chi connectivity index (χ0v) is 12.3. The lowest BCUT2D eigenvalue weighted by molar-refractivity contribution is -0.160. The Bertz CT molecular complexity index is 534. The average Bonchev–Trinajstić information content (AvgIpc) is 2.53. The predicted molar refractivity (Wildman–Crippen MR) is 77.1 cm³/mol. The van der Waals surface area contributed by atoms with E-state index < -0.39 is 23.8 Å². The Kier molecular flexibility index (Phi) is 6.95. The molecule has 22 heavy (non-hydrogen) atoms. The van der Waals surface area contributed by atoms with Gasteiger partial charge < -0.3 is 14.3 Å². The first-order valence-corrected chi connectivity index (χ1v) is 6.56. The molecule has 0 unspecified atom stereocenters. The second-order valence-corrected chi connectivity index (χ2v) is 4.50. The van der Waals surface area contributed by atoms with Gasteiger partial charge in [-0.1, -0.05) is 24.3 Å². The normalized spacial score (nSPS) is 12.2. The molecule has 0 bridgehead atoms. The molecule has 118 valence electrons. The van der Waals surface area contributed by atoms with Crippen LogP contribution in [0, 0.1) is 17.7 Å². The van der Waals surface area contributed by atoms with Gasteiger partial charge in [-0.3, -0.25) is 9.59 Å². The van der Waals surface area contributed by atoms with E-state index in [0.717, 1.165) is 14.2 Å². The summed E-state index contributed by atoms with van der Waals surface area (Å²) in [6, 6.07) is 5.64. The number of ether oxygens (including phenoxy) is 2. The van der Waals surface area contributed by atoms with Gasteiger partial charge >= 0.3 is 11.9 Å². The Balaban J connectivity index is 3.03. The third kappa shape index (κ3) is 4.80. The SMILES string of the molecule is COC(=O)C(C(=O)OC)[C@H](/C=C/c1ccc(F)cc1)CC=O. The van der Waals surface area contributed by atoms with Crippen molar-refractivity contribution >= 4 is 24.3 Å². The summed E-state index contributed by atoms with van der Waals surface area (Å²) in [6.07, 6.45) is 3.71. The number of halogens is 1. The van der Waals surface area contributed by atoms with Crippen LogP contribution in [0.3, 0.4) is 0 Å². The van der Waals surface area contributed by atoms with Crippen molar-refractivity contribution in [2.75, 3.05) is 14.2 Å². The number of methoxy groups -OCH3 is 2. The summed E-state index contributed by atoms with van der Waals surface area (Å²) in [5.41, 5.74) is 0.672. The van der Waals surface area contributed by atoms with Crippen LogP contribution in [0.5, 0.6) is 0 Å². The smallest absolute Gasteiger partial charge is 0.320 e. The summed E-state index contributed by atoms with van der Waals surface area (Å²) in [5.74, 6) is -3.85. The number of benzene rings is 1.